The topological polar surface area (TPSA) is 277 Å². The average Bonchev–Trinajstić information content (AvgIpc) is 3.40. The largest absolute Gasteiger partial charge is 0.487 e. The molecule has 3 aliphatic heterocycles. The quantitative estimate of drug-likeness (QED) is 0.0463. The van der Waals surface area contributed by atoms with Gasteiger partial charge in [0.2, 0.25) is 23.5 Å². The van der Waals surface area contributed by atoms with Crippen molar-refractivity contribution in [2.45, 2.75) is 196 Å². The molecule has 1 aromatic carbocycles. The Morgan fingerprint density at radius 1 is 0.463 bits per heavy atom. The van der Waals surface area contributed by atoms with E-state index in [1.54, 1.807) is 20.8 Å². The number of ether oxygens (including phenoxy) is 15. The normalized spacial score (nSPS) is 28.3. The molecule has 0 bridgehead atoms. The van der Waals surface area contributed by atoms with E-state index in [-0.39, 0.29) is 168 Å². The first-order chi connectivity index (χ1) is 38.9. The molecule has 0 spiro atoms. The van der Waals surface area contributed by atoms with E-state index in [0.717, 1.165) is 6.42 Å². The summed E-state index contributed by atoms with van der Waals surface area (Å²) in [5.41, 5.74) is -0.721. The molecule has 0 radical (unpaired) electrons. The molecule has 15 atom stereocenters. The van der Waals surface area contributed by atoms with Gasteiger partial charge in [0.15, 0.2) is 30.4 Å². The highest BCUT2D eigenvalue weighted by molar-refractivity contribution is 5.91. The minimum absolute atomic E-state index is 0.0111. The lowest BCUT2D eigenvalue weighted by molar-refractivity contribution is -0.256. The molecule has 3 aliphatic rings. The second-order valence-electron chi connectivity index (χ2n) is 21.9. The van der Waals surface area contributed by atoms with Gasteiger partial charge in [-0.2, -0.15) is 0 Å². The number of carbonyl (C=O) groups is 6. The van der Waals surface area contributed by atoms with Crippen LogP contribution in [0.25, 0.3) is 0 Å². The van der Waals surface area contributed by atoms with Gasteiger partial charge < -0.3 is 87.0 Å². The van der Waals surface area contributed by atoms with Crippen molar-refractivity contribution < 1.29 is 99.8 Å². The predicted octanol–water partition coefficient (Wildman–Crippen LogP) is 5.20. The summed E-state index contributed by atoms with van der Waals surface area (Å²) in [6.45, 7) is 26.9. The predicted molar refractivity (Wildman–Crippen MR) is 296 cm³/mol. The molecule has 82 heavy (non-hydrogen) atoms. The minimum Gasteiger partial charge on any atom is -0.487 e. The van der Waals surface area contributed by atoms with Crippen molar-refractivity contribution in [3.8, 4) is 17.2 Å². The Labute approximate surface area is 484 Å². The van der Waals surface area contributed by atoms with E-state index in [1.165, 1.54) is 46.8 Å². The Balaban J connectivity index is 1.46. The lowest BCUT2D eigenvalue weighted by atomic mass is 9.81. The third-order valence-electron chi connectivity index (χ3n) is 14.3. The number of hydrogen-bond donors (Lipinski definition) is 3. The number of esters is 3. The highest BCUT2D eigenvalue weighted by Crippen LogP contribution is 2.40. The van der Waals surface area contributed by atoms with Crippen LogP contribution in [0.2, 0.25) is 0 Å². The molecule has 0 saturated carbocycles. The van der Waals surface area contributed by atoms with Gasteiger partial charge in [0, 0.05) is 46.5 Å². The number of rotatable bonds is 33. The lowest BCUT2D eigenvalue weighted by Crippen LogP contribution is -2.62. The Kier molecular flexibility index (Phi) is 29.5. The number of carbonyl (C=O) groups excluding carboxylic acids is 6. The first kappa shape index (κ1) is 69.6. The van der Waals surface area contributed by atoms with Crippen LogP contribution in [0.15, 0.2) is 12.1 Å². The fourth-order valence-corrected chi connectivity index (χ4v) is 10.2. The Bertz CT molecular complexity index is 2160. The minimum atomic E-state index is -0.924. The van der Waals surface area contributed by atoms with Crippen LogP contribution in [0, 0.1) is 23.7 Å². The van der Waals surface area contributed by atoms with Crippen molar-refractivity contribution in [1.29, 1.82) is 0 Å². The van der Waals surface area contributed by atoms with Gasteiger partial charge in [0.25, 0.3) is 0 Å². The fraction of sp³-hybridized carbons (Fsp3) is 0.793. The van der Waals surface area contributed by atoms with Crippen molar-refractivity contribution in [2.24, 2.45) is 23.7 Å². The first-order valence-electron chi connectivity index (χ1n) is 28.9. The second-order valence-corrected chi connectivity index (χ2v) is 21.9. The van der Waals surface area contributed by atoms with Crippen LogP contribution < -0.4 is 30.2 Å². The summed E-state index contributed by atoms with van der Waals surface area (Å²) in [5.74, 6) is -2.14. The Morgan fingerprint density at radius 3 is 1.16 bits per heavy atom. The van der Waals surface area contributed by atoms with E-state index < -0.39 is 66.7 Å². The van der Waals surface area contributed by atoms with Gasteiger partial charge in [-0.1, -0.05) is 48.5 Å². The highest BCUT2D eigenvalue weighted by atomic mass is 16.7. The van der Waals surface area contributed by atoms with E-state index in [0.29, 0.717) is 12.8 Å². The molecule has 3 amide bonds. The molecule has 3 N–H and O–H groups in total. The van der Waals surface area contributed by atoms with Gasteiger partial charge in [-0.3, -0.25) is 24.0 Å². The van der Waals surface area contributed by atoms with Gasteiger partial charge in [-0.25, -0.2) is 4.79 Å². The number of hydrogen-bond acceptors (Lipinski definition) is 21. The van der Waals surface area contributed by atoms with Crippen LogP contribution in [-0.4, -0.2) is 188 Å². The van der Waals surface area contributed by atoms with Crippen molar-refractivity contribution >= 4 is 35.6 Å². The monoisotopic (exact) mass is 1170 g/mol. The molecular weight excluding hydrogens is 1070 g/mol. The number of benzene rings is 1. The van der Waals surface area contributed by atoms with Gasteiger partial charge in [-0.15, -0.1) is 0 Å². The van der Waals surface area contributed by atoms with Crippen molar-refractivity contribution in [3.63, 3.8) is 0 Å². The maximum absolute atomic E-state index is 13.6. The van der Waals surface area contributed by atoms with Crippen LogP contribution >= 0.6 is 0 Å². The summed E-state index contributed by atoms with van der Waals surface area (Å²) in [4.78, 5) is 74.4. The molecule has 3 heterocycles. The Hall–Kier alpha value is -4.92. The number of amides is 3. The van der Waals surface area contributed by atoms with E-state index in [9.17, 15) is 28.8 Å². The van der Waals surface area contributed by atoms with Gasteiger partial charge in [0.1, 0.15) is 49.7 Å². The summed E-state index contributed by atoms with van der Waals surface area (Å²) in [6, 6.07) is 1.13. The van der Waals surface area contributed by atoms with Crippen molar-refractivity contribution in [3.05, 3.63) is 17.7 Å². The molecule has 4 rings (SSSR count). The second kappa shape index (κ2) is 34.8. The van der Waals surface area contributed by atoms with E-state index in [1.807, 2.05) is 27.7 Å². The molecule has 0 aromatic heterocycles. The smallest absolute Gasteiger partial charge is 0.338 e. The third kappa shape index (κ3) is 22.3. The van der Waals surface area contributed by atoms with Crippen LogP contribution in [0.3, 0.4) is 0 Å². The molecule has 0 aliphatic carbocycles. The molecule has 468 valence electrons. The first-order valence-corrected chi connectivity index (χ1v) is 28.9. The summed E-state index contributed by atoms with van der Waals surface area (Å²) in [6.07, 6.45) is -2.46. The standard InChI is InChI=1S/C58H95N3O21/c1-16-43-33(4)34(5)48(59-37(8)62)55(79-43)74-28-22-68-19-25-71-46-31-42(54(67)82-58(13,14)15)32-47(72-26-20-69-23-29-75-56-49(60-38(9)63)51(77-40(11)65)35(6)44(17-2)80-56)53(46)73-27-21-70-24-30-76-57-50(61-39(10)64)52(78-41(12)66)36(7)45(18-3)81-57/h31-36,43-45,48-52,55-57H,16-30H2,1-15H3,(H,59,62)(H,60,63)(H,61,64)/t33-,34+,35+,36+,43-,44-,45-,48-,49-,50-,51+,52?,55-,56-,57-/m1/s1. The number of nitrogens with one attached hydrogen (secondary N) is 3. The van der Waals surface area contributed by atoms with Gasteiger partial charge in [-0.05, 0) is 64.0 Å². The molecular formula is C58H95N3O21. The molecule has 24 nitrogen and oxygen atoms in total. The third-order valence-corrected chi connectivity index (χ3v) is 14.3. The zero-order chi connectivity index (χ0) is 60.7. The highest BCUT2D eigenvalue weighted by Gasteiger charge is 2.48. The van der Waals surface area contributed by atoms with Crippen LogP contribution in [0.4, 0.5) is 0 Å². The zero-order valence-electron chi connectivity index (χ0n) is 51.0. The van der Waals surface area contributed by atoms with Crippen molar-refractivity contribution in [1.82, 2.24) is 16.0 Å². The summed E-state index contributed by atoms with van der Waals surface area (Å²) >= 11 is 0. The fourth-order valence-electron chi connectivity index (χ4n) is 10.2. The van der Waals surface area contributed by atoms with Gasteiger partial charge >= 0.3 is 17.9 Å². The molecule has 3 fully saturated rings. The van der Waals surface area contributed by atoms with Crippen LogP contribution in [-0.2, 0) is 80.8 Å². The van der Waals surface area contributed by atoms with Crippen LogP contribution in [0.5, 0.6) is 17.2 Å². The van der Waals surface area contributed by atoms with E-state index >= 15 is 0 Å². The SMILES string of the molecule is CC[C@H]1O[C@@H](OCCOCCOc2cc(C(=O)OC(C)(C)C)cc(OCCOCCO[C@@H]3O[C@H](CC)[C@H](C)[C@H](OC(C)=O)[C@H]3NC(C)=O)c2OCCOCCO[C@@H]2O[C@H](CC)[C@H](C)C(OC(C)=O)[C@H]2NC(C)=O)[C@H](NC(C)=O)[C@@H](C)[C@H]1C. The molecule has 3 saturated heterocycles. The maximum atomic E-state index is 13.6. The molecule has 1 aromatic rings. The zero-order valence-corrected chi connectivity index (χ0v) is 51.0. The Morgan fingerprint density at radius 2 is 0.805 bits per heavy atom. The summed E-state index contributed by atoms with van der Waals surface area (Å²) in [7, 11) is 0. The average molecular weight is 1170 g/mol. The van der Waals surface area contributed by atoms with Crippen LogP contribution in [0.1, 0.15) is 133 Å². The lowest BCUT2D eigenvalue weighted by Gasteiger charge is -2.44. The molecule has 1 unspecified atom stereocenters. The van der Waals surface area contributed by atoms with E-state index in [2.05, 4.69) is 36.7 Å². The summed E-state index contributed by atoms with van der Waals surface area (Å²) in [5, 5.41) is 8.65. The maximum Gasteiger partial charge on any atom is 0.338 e. The summed E-state index contributed by atoms with van der Waals surface area (Å²) < 4.78 is 90.7. The van der Waals surface area contributed by atoms with Crippen molar-refractivity contribution in [2.75, 3.05) is 79.3 Å². The van der Waals surface area contributed by atoms with E-state index in [4.69, 9.17) is 71.1 Å². The molecule has 24 heteroatoms. The van der Waals surface area contributed by atoms with Gasteiger partial charge in [0.05, 0.1) is 89.4 Å².